The smallest absolute Gasteiger partial charge is 0.253 e. The summed E-state index contributed by atoms with van der Waals surface area (Å²) in [7, 11) is 1.98. The van der Waals surface area contributed by atoms with E-state index in [1.54, 1.807) is 6.20 Å². The molecule has 0 radical (unpaired) electrons. The largest absolute Gasteiger partial charge is 0.444 e. The highest BCUT2D eigenvalue weighted by molar-refractivity contribution is 5.94. The molecule has 1 amide bonds. The molecule has 1 aliphatic heterocycles. The summed E-state index contributed by atoms with van der Waals surface area (Å²) in [5.41, 5.74) is 5.22. The van der Waals surface area contributed by atoms with E-state index >= 15 is 0 Å². The first-order valence-electron chi connectivity index (χ1n) is 9.52. The van der Waals surface area contributed by atoms with Gasteiger partial charge in [0, 0.05) is 62.2 Å². The minimum Gasteiger partial charge on any atom is -0.444 e. The Kier molecular flexibility index (Phi) is 5.00. The van der Waals surface area contributed by atoms with Gasteiger partial charge in [-0.05, 0) is 26.0 Å². The Hall–Kier alpha value is -2.93. The Morgan fingerprint density at radius 2 is 1.82 bits per heavy atom. The summed E-state index contributed by atoms with van der Waals surface area (Å²) in [5, 5.41) is 4.50. The van der Waals surface area contributed by atoms with Gasteiger partial charge in [-0.25, -0.2) is 4.98 Å². The van der Waals surface area contributed by atoms with Crippen LogP contribution in [0.2, 0.25) is 0 Å². The lowest BCUT2D eigenvalue weighted by atomic mass is 10.1. The maximum absolute atomic E-state index is 12.8. The first kappa shape index (κ1) is 18.4. The van der Waals surface area contributed by atoms with Gasteiger partial charge in [0.05, 0.1) is 11.9 Å². The molecule has 1 fully saturated rings. The van der Waals surface area contributed by atoms with Gasteiger partial charge in [0.25, 0.3) is 5.91 Å². The van der Waals surface area contributed by atoms with Crippen molar-refractivity contribution in [1.82, 2.24) is 24.6 Å². The van der Waals surface area contributed by atoms with Gasteiger partial charge in [-0.2, -0.15) is 5.10 Å². The standard InChI is InChI=1S/C21H25N5O2/c1-15-19(16(2)24(3)23-15)13-25-8-10-26(11-9-25)21(27)18-6-4-17(5-7-18)20-12-22-14-28-20/h4-7,12,14H,8-11,13H2,1-3H3. The molecule has 0 bridgehead atoms. The zero-order chi connectivity index (χ0) is 19.7. The van der Waals surface area contributed by atoms with E-state index in [1.165, 1.54) is 17.7 Å². The number of hydrogen-bond donors (Lipinski definition) is 0. The van der Waals surface area contributed by atoms with Crippen molar-refractivity contribution in [1.29, 1.82) is 0 Å². The average Bonchev–Trinajstić information content (AvgIpc) is 3.33. The van der Waals surface area contributed by atoms with E-state index in [-0.39, 0.29) is 5.91 Å². The highest BCUT2D eigenvalue weighted by atomic mass is 16.3. The molecule has 0 saturated carbocycles. The van der Waals surface area contributed by atoms with Crippen molar-refractivity contribution in [2.24, 2.45) is 7.05 Å². The van der Waals surface area contributed by atoms with Crippen LogP contribution in [-0.2, 0) is 13.6 Å². The first-order chi connectivity index (χ1) is 13.5. The normalized spacial score (nSPS) is 15.2. The molecule has 28 heavy (non-hydrogen) atoms. The SMILES string of the molecule is Cc1nn(C)c(C)c1CN1CCN(C(=O)c2ccc(-c3cnco3)cc2)CC1. The molecule has 0 N–H and O–H groups in total. The van der Waals surface area contributed by atoms with Gasteiger partial charge in [-0.15, -0.1) is 0 Å². The Balaban J connectivity index is 1.36. The molecule has 1 aromatic carbocycles. The molecule has 1 aliphatic rings. The van der Waals surface area contributed by atoms with Gasteiger partial charge < -0.3 is 9.32 Å². The fourth-order valence-electron chi connectivity index (χ4n) is 3.70. The van der Waals surface area contributed by atoms with Crippen molar-refractivity contribution in [3.8, 4) is 11.3 Å². The van der Waals surface area contributed by atoms with Crippen molar-refractivity contribution in [3.05, 3.63) is 59.4 Å². The average molecular weight is 379 g/mol. The van der Waals surface area contributed by atoms with E-state index in [0.717, 1.165) is 44.0 Å². The van der Waals surface area contributed by atoms with Crippen LogP contribution in [0.25, 0.3) is 11.3 Å². The maximum atomic E-state index is 12.8. The van der Waals surface area contributed by atoms with Crippen LogP contribution in [0.3, 0.4) is 0 Å². The van der Waals surface area contributed by atoms with Crippen LogP contribution in [0.5, 0.6) is 0 Å². The van der Waals surface area contributed by atoms with Crippen LogP contribution in [0.4, 0.5) is 0 Å². The van der Waals surface area contributed by atoms with Crippen LogP contribution in [0, 0.1) is 13.8 Å². The second-order valence-electron chi connectivity index (χ2n) is 7.28. The Morgan fingerprint density at radius 1 is 1.11 bits per heavy atom. The number of piperazine rings is 1. The lowest BCUT2D eigenvalue weighted by Crippen LogP contribution is -2.48. The number of rotatable bonds is 4. The molecule has 4 rings (SSSR count). The van der Waals surface area contributed by atoms with Crippen molar-refractivity contribution < 1.29 is 9.21 Å². The molecule has 146 valence electrons. The van der Waals surface area contributed by atoms with Crippen molar-refractivity contribution >= 4 is 5.91 Å². The predicted molar refractivity (Wildman–Crippen MR) is 106 cm³/mol. The molecule has 3 aromatic rings. The third kappa shape index (κ3) is 3.57. The summed E-state index contributed by atoms with van der Waals surface area (Å²) in [6.45, 7) is 8.27. The van der Waals surface area contributed by atoms with Crippen LogP contribution < -0.4 is 0 Å². The van der Waals surface area contributed by atoms with Gasteiger partial charge in [0.1, 0.15) is 0 Å². The predicted octanol–water partition coefficient (Wildman–Crippen LogP) is 2.65. The number of hydrogen-bond acceptors (Lipinski definition) is 5. The number of nitrogens with zero attached hydrogens (tertiary/aromatic N) is 5. The quantitative estimate of drug-likeness (QED) is 0.697. The lowest BCUT2D eigenvalue weighted by molar-refractivity contribution is 0.0628. The lowest BCUT2D eigenvalue weighted by Gasteiger charge is -2.34. The molecule has 3 heterocycles. The maximum Gasteiger partial charge on any atom is 0.253 e. The molecule has 2 aromatic heterocycles. The molecular weight excluding hydrogens is 354 g/mol. The number of amides is 1. The summed E-state index contributed by atoms with van der Waals surface area (Å²) in [5.74, 6) is 0.783. The summed E-state index contributed by atoms with van der Waals surface area (Å²) in [6, 6.07) is 7.51. The van der Waals surface area contributed by atoms with E-state index in [1.807, 2.05) is 40.9 Å². The molecule has 0 aliphatic carbocycles. The van der Waals surface area contributed by atoms with E-state index in [2.05, 4.69) is 28.8 Å². The number of oxazole rings is 1. The summed E-state index contributed by atoms with van der Waals surface area (Å²) >= 11 is 0. The zero-order valence-corrected chi connectivity index (χ0v) is 16.6. The highest BCUT2D eigenvalue weighted by Gasteiger charge is 2.23. The van der Waals surface area contributed by atoms with E-state index in [9.17, 15) is 4.79 Å². The Morgan fingerprint density at radius 3 is 2.39 bits per heavy atom. The van der Waals surface area contributed by atoms with Crippen LogP contribution in [0.1, 0.15) is 27.3 Å². The molecular formula is C21H25N5O2. The fourth-order valence-corrected chi connectivity index (χ4v) is 3.70. The van der Waals surface area contributed by atoms with E-state index in [0.29, 0.717) is 11.3 Å². The fraction of sp³-hybridized carbons (Fsp3) is 0.381. The molecule has 0 atom stereocenters. The van der Waals surface area contributed by atoms with Gasteiger partial charge in [0.2, 0.25) is 0 Å². The number of aromatic nitrogens is 3. The minimum atomic E-state index is 0.0810. The van der Waals surface area contributed by atoms with Gasteiger partial charge in [-0.3, -0.25) is 14.4 Å². The molecule has 0 unspecified atom stereocenters. The van der Waals surface area contributed by atoms with E-state index < -0.39 is 0 Å². The second-order valence-corrected chi connectivity index (χ2v) is 7.28. The number of carbonyl (C=O) groups is 1. The highest BCUT2D eigenvalue weighted by Crippen LogP contribution is 2.20. The number of aryl methyl sites for hydroxylation is 2. The zero-order valence-electron chi connectivity index (χ0n) is 16.6. The van der Waals surface area contributed by atoms with Crippen LogP contribution in [0.15, 0.2) is 41.3 Å². The van der Waals surface area contributed by atoms with E-state index in [4.69, 9.17) is 4.42 Å². The Labute approximate surface area is 164 Å². The summed E-state index contributed by atoms with van der Waals surface area (Å²) in [6.07, 6.45) is 3.07. The number of carbonyl (C=O) groups excluding carboxylic acids is 1. The van der Waals surface area contributed by atoms with Crippen LogP contribution >= 0.6 is 0 Å². The first-order valence-corrected chi connectivity index (χ1v) is 9.52. The molecule has 7 heteroatoms. The molecule has 7 nitrogen and oxygen atoms in total. The van der Waals surface area contributed by atoms with Crippen molar-refractivity contribution in [3.63, 3.8) is 0 Å². The van der Waals surface area contributed by atoms with Crippen LogP contribution in [-0.4, -0.2) is 56.7 Å². The van der Waals surface area contributed by atoms with Crippen molar-refractivity contribution in [2.75, 3.05) is 26.2 Å². The summed E-state index contributed by atoms with van der Waals surface area (Å²) < 4.78 is 7.23. The second kappa shape index (κ2) is 7.59. The Bertz CT molecular complexity index is 952. The minimum absolute atomic E-state index is 0.0810. The topological polar surface area (TPSA) is 67.4 Å². The summed E-state index contributed by atoms with van der Waals surface area (Å²) in [4.78, 5) is 21.1. The van der Waals surface area contributed by atoms with Gasteiger partial charge in [0.15, 0.2) is 12.2 Å². The third-order valence-electron chi connectivity index (χ3n) is 5.55. The number of benzene rings is 1. The van der Waals surface area contributed by atoms with Crippen molar-refractivity contribution in [2.45, 2.75) is 20.4 Å². The third-order valence-corrected chi connectivity index (χ3v) is 5.55. The monoisotopic (exact) mass is 379 g/mol. The molecule has 0 spiro atoms. The molecule has 1 saturated heterocycles. The van der Waals surface area contributed by atoms with Gasteiger partial charge >= 0.3 is 0 Å². The van der Waals surface area contributed by atoms with Gasteiger partial charge in [-0.1, -0.05) is 12.1 Å².